The summed E-state index contributed by atoms with van der Waals surface area (Å²) in [7, 11) is -4.19. The van der Waals surface area contributed by atoms with Gasteiger partial charge in [0.25, 0.3) is 0 Å². The first-order valence-electron chi connectivity index (χ1n) is 6.97. The van der Waals surface area contributed by atoms with Crippen molar-refractivity contribution in [2.45, 2.75) is 31.4 Å². The molecule has 0 aliphatic carbocycles. The van der Waals surface area contributed by atoms with E-state index in [0.29, 0.717) is 5.56 Å². The van der Waals surface area contributed by atoms with Crippen LogP contribution >= 0.6 is 0 Å². The van der Waals surface area contributed by atoms with Gasteiger partial charge >= 0.3 is 16.3 Å². The minimum Gasteiger partial charge on any atom is -0.262 e. The molecule has 0 saturated carbocycles. The van der Waals surface area contributed by atoms with E-state index >= 15 is 0 Å². The van der Waals surface area contributed by atoms with Crippen molar-refractivity contribution in [3.05, 3.63) is 75.3 Å². The van der Waals surface area contributed by atoms with Crippen molar-refractivity contribution in [2.75, 3.05) is 0 Å². The summed E-state index contributed by atoms with van der Waals surface area (Å²) in [6, 6.07) is 13.0. The van der Waals surface area contributed by atoms with Crippen molar-refractivity contribution in [1.82, 2.24) is 0 Å². The number of benzene rings is 2. The molecular formula is C16H17NO5S. The Labute approximate surface area is 135 Å². The van der Waals surface area contributed by atoms with Gasteiger partial charge in [0.05, 0.1) is 16.2 Å². The maximum atomic E-state index is 12.2. The molecule has 0 aliphatic rings. The summed E-state index contributed by atoms with van der Waals surface area (Å²) in [5, 5.41) is 11.2. The lowest BCUT2D eigenvalue weighted by Gasteiger charge is -2.11. The number of aryl methyl sites for hydroxylation is 2. The molecular weight excluding hydrogens is 318 g/mol. The monoisotopic (exact) mass is 335 g/mol. The van der Waals surface area contributed by atoms with Crippen LogP contribution in [0.1, 0.15) is 16.7 Å². The van der Waals surface area contributed by atoms with Gasteiger partial charge in [0.2, 0.25) is 0 Å². The Morgan fingerprint density at radius 3 is 2.30 bits per heavy atom. The van der Waals surface area contributed by atoms with E-state index in [9.17, 15) is 18.5 Å². The molecule has 0 amide bonds. The Kier molecular flexibility index (Phi) is 5.12. The van der Waals surface area contributed by atoms with Crippen molar-refractivity contribution in [2.24, 2.45) is 0 Å². The lowest BCUT2D eigenvalue weighted by atomic mass is 10.1. The van der Waals surface area contributed by atoms with Crippen LogP contribution in [0.15, 0.2) is 53.4 Å². The molecule has 0 saturated heterocycles. The molecule has 0 N–H and O–H groups in total. The second-order valence-electron chi connectivity index (χ2n) is 5.30. The smallest absolute Gasteiger partial charge is 0.262 e. The van der Waals surface area contributed by atoms with Gasteiger partial charge in [0.1, 0.15) is 0 Å². The first-order chi connectivity index (χ1) is 10.8. The van der Waals surface area contributed by atoms with E-state index in [2.05, 4.69) is 0 Å². The summed E-state index contributed by atoms with van der Waals surface area (Å²) < 4.78 is 29.2. The van der Waals surface area contributed by atoms with E-state index in [1.54, 1.807) is 30.3 Å². The van der Waals surface area contributed by atoms with Crippen LogP contribution < -0.4 is 0 Å². The van der Waals surface area contributed by atoms with Crippen molar-refractivity contribution >= 4 is 10.1 Å². The van der Waals surface area contributed by atoms with Crippen LogP contribution in [0.5, 0.6) is 0 Å². The Morgan fingerprint density at radius 2 is 1.74 bits per heavy atom. The van der Waals surface area contributed by atoms with Crippen LogP contribution in [-0.2, 0) is 20.7 Å². The fourth-order valence-electron chi connectivity index (χ4n) is 2.09. The fraction of sp³-hybridized carbons (Fsp3) is 0.250. The normalized spacial score (nSPS) is 12.8. The van der Waals surface area contributed by atoms with Gasteiger partial charge in [-0.25, -0.2) is 0 Å². The predicted molar refractivity (Wildman–Crippen MR) is 85.1 cm³/mol. The summed E-state index contributed by atoms with van der Waals surface area (Å²) in [6.07, 6.45) is -1.79. The summed E-state index contributed by atoms with van der Waals surface area (Å²) in [5.41, 5.74) is 2.46. The molecule has 0 fully saturated rings. The molecule has 0 radical (unpaired) electrons. The number of nitro groups is 1. The maximum absolute atomic E-state index is 12.2. The predicted octanol–water partition coefficient (Wildman–Crippen LogP) is 2.85. The highest BCUT2D eigenvalue weighted by atomic mass is 32.2. The topological polar surface area (TPSA) is 86.5 Å². The second kappa shape index (κ2) is 6.89. The van der Waals surface area contributed by atoms with E-state index in [4.69, 9.17) is 4.18 Å². The highest BCUT2D eigenvalue weighted by Gasteiger charge is 2.30. The minimum absolute atomic E-state index is 0.0980. The number of rotatable bonds is 6. The summed E-state index contributed by atoms with van der Waals surface area (Å²) in [4.78, 5) is 10.3. The average molecular weight is 335 g/mol. The molecule has 0 bridgehead atoms. The van der Waals surface area contributed by atoms with Crippen LogP contribution in [0.3, 0.4) is 0 Å². The lowest BCUT2D eigenvalue weighted by Crippen LogP contribution is -2.29. The fourth-order valence-corrected chi connectivity index (χ4v) is 3.10. The Hall–Kier alpha value is -2.25. The van der Waals surface area contributed by atoms with Crippen molar-refractivity contribution in [3.63, 3.8) is 0 Å². The zero-order chi connectivity index (χ0) is 17.0. The average Bonchev–Trinajstić information content (AvgIpc) is 2.46. The van der Waals surface area contributed by atoms with E-state index in [-0.39, 0.29) is 11.3 Å². The zero-order valence-electron chi connectivity index (χ0n) is 12.8. The molecule has 7 heteroatoms. The van der Waals surface area contributed by atoms with Crippen LogP contribution in [0.4, 0.5) is 0 Å². The van der Waals surface area contributed by atoms with Gasteiger partial charge in [-0.05, 0) is 31.5 Å². The summed E-state index contributed by atoms with van der Waals surface area (Å²) in [5.74, 6) is 0. The first kappa shape index (κ1) is 17.1. The number of hydrogen-bond acceptors (Lipinski definition) is 5. The quantitative estimate of drug-likeness (QED) is 0.351. The number of nitrogens with zero attached hydrogens (tertiary/aromatic N) is 1. The van der Waals surface area contributed by atoms with Crippen LogP contribution in [0.25, 0.3) is 0 Å². The van der Waals surface area contributed by atoms with E-state index in [1.807, 2.05) is 19.9 Å². The standard InChI is InChI=1S/C16H17NO5S/c1-12-6-8-15(9-7-12)23(20,21)22-16(17(18)19)11-14-5-3-4-13(2)10-14/h3-10,16H,11H2,1-2H3. The van der Waals surface area contributed by atoms with Gasteiger partial charge in [-0.15, -0.1) is 0 Å². The van der Waals surface area contributed by atoms with E-state index in [1.165, 1.54) is 12.1 Å². The van der Waals surface area contributed by atoms with Gasteiger partial charge < -0.3 is 0 Å². The minimum atomic E-state index is -4.19. The van der Waals surface area contributed by atoms with Gasteiger partial charge in [-0.1, -0.05) is 47.5 Å². The maximum Gasteiger partial charge on any atom is 0.333 e. The van der Waals surface area contributed by atoms with Gasteiger partial charge in [-0.3, -0.25) is 10.1 Å². The van der Waals surface area contributed by atoms with Crippen molar-refractivity contribution in [3.8, 4) is 0 Å². The molecule has 2 aromatic carbocycles. The van der Waals surface area contributed by atoms with Gasteiger partial charge in [0.15, 0.2) is 0 Å². The molecule has 1 atom stereocenters. The van der Waals surface area contributed by atoms with Crippen molar-refractivity contribution in [1.29, 1.82) is 0 Å². The Bertz CT molecular complexity index is 799. The summed E-state index contributed by atoms with van der Waals surface area (Å²) >= 11 is 0. The molecule has 23 heavy (non-hydrogen) atoms. The highest BCUT2D eigenvalue weighted by Crippen LogP contribution is 2.18. The third kappa shape index (κ3) is 4.61. The first-order valence-corrected chi connectivity index (χ1v) is 8.38. The third-order valence-electron chi connectivity index (χ3n) is 3.28. The molecule has 2 rings (SSSR count). The second-order valence-corrected chi connectivity index (χ2v) is 6.87. The lowest BCUT2D eigenvalue weighted by molar-refractivity contribution is -0.562. The SMILES string of the molecule is Cc1ccc(S(=O)(=O)OC(Cc2cccc(C)c2)[N+](=O)[O-])cc1. The largest absolute Gasteiger partial charge is 0.333 e. The van der Waals surface area contributed by atoms with Crippen LogP contribution in [0.2, 0.25) is 0 Å². The summed E-state index contributed by atoms with van der Waals surface area (Å²) in [6.45, 7) is 3.67. The molecule has 0 heterocycles. The molecule has 0 aromatic heterocycles. The van der Waals surface area contributed by atoms with Crippen LogP contribution in [0, 0.1) is 24.0 Å². The van der Waals surface area contributed by atoms with Crippen molar-refractivity contribution < 1.29 is 17.5 Å². The Balaban J connectivity index is 2.22. The zero-order valence-corrected chi connectivity index (χ0v) is 13.6. The third-order valence-corrected chi connectivity index (χ3v) is 4.60. The molecule has 0 spiro atoms. The molecule has 0 aliphatic heterocycles. The van der Waals surface area contributed by atoms with Gasteiger partial charge in [0, 0.05) is 0 Å². The number of hydrogen-bond donors (Lipinski definition) is 0. The van der Waals surface area contributed by atoms with E-state index < -0.39 is 21.3 Å². The molecule has 122 valence electrons. The molecule has 6 nitrogen and oxygen atoms in total. The van der Waals surface area contributed by atoms with Crippen LogP contribution in [-0.4, -0.2) is 19.6 Å². The molecule has 2 aromatic rings. The van der Waals surface area contributed by atoms with E-state index in [0.717, 1.165) is 11.1 Å². The van der Waals surface area contributed by atoms with Gasteiger partial charge in [-0.2, -0.15) is 12.6 Å². The Morgan fingerprint density at radius 1 is 1.09 bits per heavy atom. The molecule has 1 unspecified atom stereocenters. The highest BCUT2D eigenvalue weighted by molar-refractivity contribution is 7.86.